The van der Waals surface area contributed by atoms with E-state index in [0.29, 0.717) is 11.1 Å². The van der Waals surface area contributed by atoms with Gasteiger partial charge in [-0.25, -0.2) is 9.97 Å². The van der Waals surface area contributed by atoms with Crippen LogP contribution in [0.3, 0.4) is 0 Å². The largest absolute Gasteiger partial charge is 0.341 e. The van der Waals surface area contributed by atoms with Crippen molar-refractivity contribution in [1.82, 2.24) is 24.8 Å². The third kappa shape index (κ3) is 3.81. The van der Waals surface area contributed by atoms with Crippen LogP contribution in [0.25, 0.3) is 11.2 Å². The highest BCUT2D eigenvalue weighted by Crippen LogP contribution is 2.26. The fraction of sp³-hybridized carbons (Fsp3) is 0.280. The second-order valence-electron chi connectivity index (χ2n) is 8.07. The lowest BCUT2D eigenvalue weighted by Gasteiger charge is -2.20. The van der Waals surface area contributed by atoms with E-state index in [-0.39, 0.29) is 11.9 Å². The monoisotopic (exact) mass is 411 g/mol. The van der Waals surface area contributed by atoms with E-state index in [0.717, 1.165) is 54.1 Å². The Morgan fingerprint density at radius 3 is 2.58 bits per heavy atom. The Kier molecular flexibility index (Phi) is 5.20. The van der Waals surface area contributed by atoms with Gasteiger partial charge in [-0.15, -0.1) is 0 Å². The molecule has 0 unspecified atom stereocenters. The van der Waals surface area contributed by atoms with Gasteiger partial charge in [-0.05, 0) is 49.1 Å². The zero-order valence-corrected chi connectivity index (χ0v) is 17.6. The van der Waals surface area contributed by atoms with E-state index < -0.39 is 0 Å². The van der Waals surface area contributed by atoms with E-state index in [9.17, 15) is 4.79 Å². The van der Waals surface area contributed by atoms with Gasteiger partial charge in [0.25, 0.3) is 5.91 Å². The van der Waals surface area contributed by atoms with E-state index in [1.807, 2.05) is 55.5 Å². The minimum Gasteiger partial charge on any atom is -0.341 e. The first-order valence-corrected chi connectivity index (χ1v) is 10.8. The lowest BCUT2D eigenvalue weighted by molar-refractivity contribution is 0.0944. The molecule has 0 radical (unpaired) electrons. The van der Waals surface area contributed by atoms with Gasteiger partial charge in [0.1, 0.15) is 11.3 Å². The number of carbonyl (C=O) groups is 1. The highest BCUT2D eigenvalue weighted by Gasteiger charge is 2.23. The van der Waals surface area contributed by atoms with Crippen LogP contribution in [-0.4, -0.2) is 25.4 Å². The van der Waals surface area contributed by atoms with E-state index in [2.05, 4.69) is 14.9 Å². The van der Waals surface area contributed by atoms with Crippen LogP contribution in [0.5, 0.6) is 0 Å². The zero-order chi connectivity index (χ0) is 21.2. The summed E-state index contributed by atoms with van der Waals surface area (Å²) < 4.78 is 2.20. The van der Waals surface area contributed by atoms with Crippen LogP contribution in [0.15, 0.2) is 60.9 Å². The topological polar surface area (TPSA) is 72.7 Å². The van der Waals surface area contributed by atoms with E-state index >= 15 is 0 Å². The molecule has 1 amide bonds. The van der Waals surface area contributed by atoms with Crippen molar-refractivity contribution in [3.63, 3.8) is 0 Å². The number of rotatable bonds is 4. The number of carbonyl (C=O) groups excluding carboxylic acids is 1. The Bertz CT molecular complexity index is 1180. The van der Waals surface area contributed by atoms with Gasteiger partial charge in [-0.2, -0.15) is 0 Å². The molecule has 0 saturated heterocycles. The predicted molar refractivity (Wildman–Crippen MR) is 120 cm³/mol. The van der Waals surface area contributed by atoms with Gasteiger partial charge in [0.05, 0.1) is 11.6 Å². The minimum absolute atomic E-state index is 0.144. The summed E-state index contributed by atoms with van der Waals surface area (Å²) in [6, 6.07) is 15.4. The second-order valence-corrected chi connectivity index (χ2v) is 8.07. The number of aromatic nitrogens is 4. The first kappa shape index (κ1) is 19.4. The molecule has 0 fully saturated rings. The van der Waals surface area contributed by atoms with Gasteiger partial charge in [-0.1, -0.05) is 36.8 Å². The van der Waals surface area contributed by atoms with Crippen molar-refractivity contribution >= 4 is 17.1 Å². The first-order chi connectivity index (χ1) is 15.2. The lowest BCUT2D eigenvalue weighted by Crippen LogP contribution is -2.29. The van der Waals surface area contributed by atoms with Crippen molar-refractivity contribution in [1.29, 1.82) is 0 Å². The Morgan fingerprint density at radius 1 is 1.00 bits per heavy atom. The van der Waals surface area contributed by atoms with Crippen molar-refractivity contribution < 1.29 is 4.79 Å². The van der Waals surface area contributed by atoms with E-state index in [1.54, 1.807) is 12.4 Å². The molecule has 3 aromatic heterocycles. The number of aryl methyl sites for hydroxylation is 3. The molecular weight excluding hydrogens is 386 g/mol. The zero-order valence-electron chi connectivity index (χ0n) is 17.6. The molecule has 1 atom stereocenters. The highest BCUT2D eigenvalue weighted by atomic mass is 16.1. The summed E-state index contributed by atoms with van der Waals surface area (Å²) in [7, 11) is 0. The molecule has 1 aliphatic rings. The molecule has 4 aromatic rings. The molecule has 1 aliphatic heterocycles. The fourth-order valence-corrected chi connectivity index (χ4v) is 4.36. The van der Waals surface area contributed by atoms with Crippen LogP contribution in [-0.2, 0) is 13.0 Å². The number of imidazole rings is 1. The Morgan fingerprint density at radius 2 is 1.77 bits per heavy atom. The van der Waals surface area contributed by atoms with Gasteiger partial charge < -0.3 is 9.88 Å². The number of hydrogen-bond acceptors (Lipinski definition) is 4. The number of fused-ring (bicyclic) bond motifs is 3. The molecule has 0 bridgehead atoms. The van der Waals surface area contributed by atoms with E-state index in [4.69, 9.17) is 9.97 Å². The molecule has 4 heterocycles. The number of hydrogen-bond donors (Lipinski definition) is 1. The van der Waals surface area contributed by atoms with Crippen molar-refractivity contribution in [3.05, 3.63) is 89.1 Å². The maximum atomic E-state index is 13.5. The summed E-state index contributed by atoms with van der Waals surface area (Å²) in [6.07, 6.45) is 7.88. The molecule has 6 nitrogen and oxygen atoms in total. The summed E-state index contributed by atoms with van der Waals surface area (Å²) in [4.78, 5) is 27.3. The summed E-state index contributed by atoms with van der Waals surface area (Å²) >= 11 is 0. The average Bonchev–Trinajstić information content (AvgIpc) is 2.98. The summed E-state index contributed by atoms with van der Waals surface area (Å²) in [5, 5.41) is 3.23. The predicted octanol–water partition coefficient (Wildman–Crippen LogP) is 4.38. The Hall–Kier alpha value is -3.54. The smallest absolute Gasteiger partial charge is 0.254 e. The molecule has 5 rings (SSSR count). The standard InChI is InChI=1S/C25H25N5O/c1-17-16-20(23-24(27-17)30-15-7-3-6-10-21(30)28-23)25(31)29-22(18-8-4-2-5-9-18)19-11-13-26-14-12-19/h2,4-5,8-9,11-14,16,22H,3,6-7,10,15H2,1H3,(H,29,31)/t22-/m0/s1. The summed E-state index contributed by atoms with van der Waals surface area (Å²) in [5.41, 5.74) is 4.92. The maximum absolute atomic E-state index is 13.5. The highest BCUT2D eigenvalue weighted by molar-refractivity contribution is 6.04. The van der Waals surface area contributed by atoms with Crippen molar-refractivity contribution in [3.8, 4) is 0 Å². The molecule has 6 heteroatoms. The molecule has 31 heavy (non-hydrogen) atoms. The molecule has 1 N–H and O–H groups in total. The van der Waals surface area contributed by atoms with Gasteiger partial charge >= 0.3 is 0 Å². The van der Waals surface area contributed by atoms with Gasteiger partial charge in [0.15, 0.2) is 5.65 Å². The third-order valence-corrected chi connectivity index (χ3v) is 5.89. The minimum atomic E-state index is -0.277. The van der Waals surface area contributed by atoms with Crippen LogP contribution < -0.4 is 5.32 Å². The number of nitrogens with one attached hydrogen (secondary N) is 1. The van der Waals surface area contributed by atoms with Crippen LogP contribution >= 0.6 is 0 Å². The quantitative estimate of drug-likeness (QED) is 0.541. The number of nitrogens with zero attached hydrogens (tertiary/aromatic N) is 4. The molecule has 0 spiro atoms. The molecule has 0 saturated carbocycles. The summed E-state index contributed by atoms with van der Waals surface area (Å²) in [5.74, 6) is 0.891. The Balaban J connectivity index is 1.56. The second kappa shape index (κ2) is 8.30. The molecular formula is C25H25N5O. The van der Waals surface area contributed by atoms with Gasteiger partial charge in [-0.3, -0.25) is 9.78 Å². The normalized spacial score (nSPS) is 14.6. The van der Waals surface area contributed by atoms with Crippen LogP contribution in [0.4, 0.5) is 0 Å². The average molecular weight is 412 g/mol. The van der Waals surface area contributed by atoms with Crippen LogP contribution in [0, 0.1) is 6.92 Å². The molecule has 0 aliphatic carbocycles. The number of amides is 1. The molecule has 156 valence electrons. The van der Waals surface area contributed by atoms with Crippen LogP contribution in [0.1, 0.15) is 58.3 Å². The number of pyridine rings is 2. The van der Waals surface area contributed by atoms with Crippen LogP contribution in [0.2, 0.25) is 0 Å². The van der Waals surface area contributed by atoms with Crippen molar-refractivity contribution in [2.75, 3.05) is 0 Å². The first-order valence-electron chi connectivity index (χ1n) is 10.8. The third-order valence-electron chi connectivity index (χ3n) is 5.89. The lowest BCUT2D eigenvalue weighted by atomic mass is 9.99. The van der Waals surface area contributed by atoms with Crippen molar-refractivity contribution in [2.45, 2.75) is 45.2 Å². The van der Waals surface area contributed by atoms with Gasteiger partial charge in [0, 0.05) is 31.1 Å². The van der Waals surface area contributed by atoms with E-state index in [1.165, 1.54) is 6.42 Å². The number of benzene rings is 1. The maximum Gasteiger partial charge on any atom is 0.254 e. The van der Waals surface area contributed by atoms with Gasteiger partial charge in [0.2, 0.25) is 0 Å². The SMILES string of the molecule is Cc1cc(C(=O)N[C@@H](c2ccccc2)c2ccncc2)c2nc3n(c2n1)CCCCC3. The molecule has 1 aromatic carbocycles. The fourth-order valence-electron chi connectivity index (χ4n) is 4.36. The Labute approximate surface area is 181 Å². The summed E-state index contributed by atoms with van der Waals surface area (Å²) in [6.45, 7) is 2.84. The van der Waals surface area contributed by atoms with Crippen molar-refractivity contribution in [2.24, 2.45) is 0 Å².